The van der Waals surface area contributed by atoms with Gasteiger partial charge in [0.25, 0.3) is 5.91 Å². The highest BCUT2D eigenvalue weighted by Crippen LogP contribution is 2.32. The average molecular weight is 389 g/mol. The number of carbonyl (C=O) groups excluding carboxylic acids is 1. The van der Waals surface area contributed by atoms with Gasteiger partial charge in [0.2, 0.25) is 0 Å². The second kappa shape index (κ2) is 7.28. The zero-order valence-electron chi connectivity index (χ0n) is 12.4. The van der Waals surface area contributed by atoms with Crippen LogP contribution in [-0.4, -0.2) is 30.5 Å². The number of ether oxygens (including phenoxy) is 1. The van der Waals surface area contributed by atoms with E-state index < -0.39 is 11.9 Å². The Morgan fingerprint density at radius 3 is 2.54 bits per heavy atom. The van der Waals surface area contributed by atoms with Crippen LogP contribution >= 0.6 is 34.8 Å². The summed E-state index contributed by atoms with van der Waals surface area (Å²) in [5.74, 6) is -0.702. The van der Waals surface area contributed by atoms with Crippen molar-refractivity contribution in [3.63, 3.8) is 0 Å². The van der Waals surface area contributed by atoms with Crippen LogP contribution in [0.25, 0.3) is 0 Å². The molecule has 0 saturated carbocycles. The Kier molecular flexibility index (Phi) is 5.30. The fourth-order valence-electron chi connectivity index (χ4n) is 2.58. The highest BCUT2D eigenvalue weighted by Gasteiger charge is 2.28. The Morgan fingerprint density at radius 1 is 1.12 bits per heavy atom. The lowest BCUT2D eigenvalue weighted by Gasteiger charge is -2.33. The van der Waals surface area contributed by atoms with Crippen LogP contribution in [0.15, 0.2) is 36.4 Å². The molecule has 1 unspecified atom stereocenters. The maximum atomic E-state index is 13.7. The molecule has 1 heterocycles. The molecule has 1 aliphatic rings. The van der Waals surface area contributed by atoms with Crippen molar-refractivity contribution in [3.8, 4) is 0 Å². The van der Waals surface area contributed by atoms with Crippen LogP contribution < -0.4 is 0 Å². The molecule has 1 fully saturated rings. The first kappa shape index (κ1) is 17.5. The molecule has 2 aromatic carbocycles. The van der Waals surface area contributed by atoms with E-state index in [0.717, 1.165) is 0 Å². The summed E-state index contributed by atoms with van der Waals surface area (Å²) in [6, 6.07) is 9.27. The van der Waals surface area contributed by atoms with E-state index in [0.29, 0.717) is 34.3 Å². The Morgan fingerprint density at radius 2 is 1.83 bits per heavy atom. The van der Waals surface area contributed by atoms with Crippen molar-refractivity contribution in [1.82, 2.24) is 4.90 Å². The van der Waals surface area contributed by atoms with Crippen LogP contribution in [0, 0.1) is 5.82 Å². The van der Waals surface area contributed by atoms with Gasteiger partial charge in [-0.3, -0.25) is 4.79 Å². The lowest BCUT2D eigenvalue weighted by Crippen LogP contribution is -2.42. The number of benzene rings is 2. The minimum atomic E-state index is -0.569. The van der Waals surface area contributed by atoms with Crippen molar-refractivity contribution >= 4 is 40.7 Å². The van der Waals surface area contributed by atoms with Crippen molar-refractivity contribution in [1.29, 1.82) is 0 Å². The van der Waals surface area contributed by atoms with Crippen LogP contribution in [0.2, 0.25) is 15.1 Å². The monoisotopic (exact) mass is 387 g/mol. The molecular weight excluding hydrogens is 376 g/mol. The fourth-order valence-corrected chi connectivity index (χ4v) is 3.21. The second-order valence-corrected chi connectivity index (χ2v) is 6.66. The molecule has 0 spiro atoms. The van der Waals surface area contributed by atoms with Crippen molar-refractivity contribution in [2.24, 2.45) is 0 Å². The number of halogens is 4. The average Bonchev–Trinajstić information content (AvgIpc) is 2.58. The summed E-state index contributed by atoms with van der Waals surface area (Å²) in [6.45, 7) is 1.07. The van der Waals surface area contributed by atoms with Gasteiger partial charge < -0.3 is 9.64 Å². The molecule has 1 amide bonds. The number of morpholine rings is 1. The predicted molar refractivity (Wildman–Crippen MR) is 92.5 cm³/mol. The highest BCUT2D eigenvalue weighted by atomic mass is 35.5. The molecule has 1 aliphatic heterocycles. The lowest BCUT2D eigenvalue weighted by atomic mass is 10.1. The number of carbonyl (C=O) groups is 1. The first-order valence-corrected chi connectivity index (χ1v) is 8.40. The zero-order valence-corrected chi connectivity index (χ0v) is 14.7. The Hall–Kier alpha value is -1.33. The third kappa shape index (κ3) is 3.67. The van der Waals surface area contributed by atoms with E-state index in [4.69, 9.17) is 39.5 Å². The van der Waals surface area contributed by atoms with Gasteiger partial charge in [0.05, 0.1) is 18.2 Å². The maximum Gasteiger partial charge on any atom is 0.254 e. The molecule has 3 rings (SSSR count). The Bertz CT molecular complexity index is 767. The third-order valence-electron chi connectivity index (χ3n) is 3.83. The van der Waals surface area contributed by atoms with E-state index in [9.17, 15) is 9.18 Å². The molecule has 0 radical (unpaired) electrons. The fraction of sp³-hybridized carbons (Fsp3) is 0.235. The molecule has 1 saturated heterocycles. The topological polar surface area (TPSA) is 29.5 Å². The minimum absolute atomic E-state index is 0.0475. The van der Waals surface area contributed by atoms with Crippen LogP contribution in [0.4, 0.5) is 4.39 Å². The normalized spacial score (nSPS) is 17.8. The summed E-state index contributed by atoms with van der Waals surface area (Å²) < 4.78 is 19.4. The van der Waals surface area contributed by atoms with Crippen molar-refractivity contribution < 1.29 is 13.9 Å². The predicted octanol–water partition coefficient (Wildman–Crippen LogP) is 5.00. The van der Waals surface area contributed by atoms with Gasteiger partial charge in [0.1, 0.15) is 11.9 Å². The van der Waals surface area contributed by atoms with E-state index in [2.05, 4.69) is 0 Å². The quantitative estimate of drug-likeness (QED) is 0.678. The summed E-state index contributed by atoms with van der Waals surface area (Å²) in [6.07, 6.45) is -0.505. The van der Waals surface area contributed by atoms with E-state index in [1.165, 1.54) is 12.1 Å². The first-order valence-electron chi connectivity index (χ1n) is 7.26. The van der Waals surface area contributed by atoms with Crippen molar-refractivity contribution in [3.05, 3.63) is 68.4 Å². The summed E-state index contributed by atoms with van der Waals surface area (Å²) in [4.78, 5) is 14.2. The van der Waals surface area contributed by atoms with E-state index >= 15 is 0 Å². The molecular formula is C17H13Cl3FNO2. The highest BCUT2D eigenvalue weighted by molar-refractivity contribution is 6.35. The molecule has 126 valence electrons. The molecule has 7 heteroatoms. The second-order valence-electron chi connectivity index (χ2n) is 5.41. The van der Waals surface area contributed by atoms with Gasteiger partial charge in [-0.2, -0.15) is 0 Å². The molecule has 2 aromatic rings. The van der Waals surface area contributed by atoms with Gasteiger partial charge >= 0.3 is 0 Å². The van der Waals surface area contributed by atoms with Gasteiger partial charge in [-0.1, -0.05) is 34.8 Å². The molecule has 1 atom stereocenters. The SMILES string of the molecule is O=C(c1ccc(Cl)cc1)N1CCOC(c2cc(F)c(Cl)cc2Cl)C1. The molecule has 0 aliphatic carbocycles. The number of hydrogen-bond acceptors (Lipinski definition) is 2. The molecule has 0 aromatic heterocycles. The molecule has 3 nitrogen and oxygen atoms in total. The standard InChI is InChI=1S/C17H13Cl3FNO2/c18-11-3-1-10(2-4-11)17(23)22-5-6-24-16(9-22)12-7-15(21)14(20)8-13(12)19/h1-4,7-8,16H,5-6,9H2. The molecule has 24 heavy (non-hydrogen) atoms. The summed E-state index contributed by atoms with van der Waals surface area (Å²) >= 11 is 17.7. The van der Waals surface area contributed by atoms with E-state index in [-0.39, 0.29) is 17.5 Å². The zero-order chi connectivity index (χ0) is 17.3. The van der Waals surface area contributed by atoms with Gasteiger partial charge in [0.15, 0.2) is 0 Å². The molecule has 0 bridgehead atoms. The van der Waals surface area contributed by atoms with E-state index in [1.807, 2.05) is 0 Å². The van der Waals surface area contributed by atoms with Gasteiger partial charge in [-0.15, -0.1) is 0 Å². The smallest absolute Gasteiger partial charge is 0.254 e. The van der Waals surface area contributed by atoms with Crippen molar-refractivity contribution in [2.45, 2.75) is 6.10 Å². The maximum absolute atomic E-state index is 13.7. The summed E-state index contributed by atoms with van der Waals surface area (Å²) in [5.41, 5.74) is 1.01. The summed E-state index contributed by atoms with van der Waals surface area (Å²) in [7, 11) is 0. The number of amides is 1. The summed E-state index contributed by atoms with van der Waals surface area (Å²) in [5, 5.41) is 0.829. The lowest BCUT2D eigenvalue weighted by molar-refractivity contribution is -0.0228. The van der Waals surface area contributed by atoms with Gasteiger partial charge in [0, 0.05) is 27.7 Å². The Balaban J connectivity index is 1.80. The van der Waals surface area contributed by atoms with Gasteiger partial charge in [-0.05, 0) is 36.4 Å². The van der Waals surface area contributed by atoms with E-state index in [1.54, 1.807) is 29.2 Å². The largest absolute Gasteiger partial charge is 0.370 e. The number of nitrogens with zero attached hydrogens (tertiary/aromatic N) is 1. The number of rotatable bonds is 2. The first-order chi connectivity index (χ1) is 11.5. The van der Waals surface area contributed by atoms with Gasteiger partial charge in [-0.25, -0.2) is 4.39 Å². The third-order valence-corrected chi connectivity index (χ3v) is 4.70. The van der Waals surface area contributed by atoms with Crippen molar-refractivity contribution in [2.75, 3.05) is 19.7 Å². The number of hydrogen-bond donors (Lipinski definition) is 0. The van der Waals surface area contributed by atoms with Crippen LogP contribution in [0.3, 0.4) is 0 Å². The van der Waals surface area contributed by atoms with Crippen LogP contribution in [0.5, 0.6) is 0 Å². The Labute approximate surface area is 153 Å². The minimum Gasteiger partial charge on any atom is -0.370 e. The molecule has 0 N–H and O–H groups in total. The van der Waals surface area contributed by atoms with Crippen LogP contribution in [-0.2, 0) is 4.74 Å². The van der Waals surface area contributed by atoms with Crippen LogP contribution in [0.1, 0.15) is 22.0 Å².